The molecule has 1 aromatic heterocycles. The van der Waals surface area contributed by atoms with Crippen LogP contribution in [0.3, 0.4) is 0 Å². The zero-order chi connectivity index (χ0) is 13.0. The molecule has 100 valence electrons. The third-order valence-electron chi connectivity index (χ3n) is 2.26. The smallest absolute Gasteiger partial charge is 0.307 e. The van der Waals surface area contributed by atoms with Gasteiger partial charge in [-0.05, 0) is 23.8 Å². The summed E-state index contributed by atoms with van der Waals surface area (Å²) in [5.41, 5.74) is 7.02. The van der Waals surface area contributed by atoms with Gasteiger partial charge in [0.05, 0.1) is 6.42 Å². The molecule has 0 aliphatic rings. The van der Waals surface area contributed by atoms with Crippen LogP contribution in [0.4, 0.5) is 17.5 Å². The summed E-state index contributed by atoms with van der Waals surface area (Å²) in [7, 11) is 0. The first-order valence-electron chi connectivity index (χ1n) is 5.30. The van der Waals surface area contributed by atoms with Gasteiger partial charge in [-0.15, -0.1) is 12.4 Å². The molecule has 4 N–H and O–H groups in total. The quantitative estimate of drug-likeness (QED) is 0.790. The predicted molar refractivity (Wildman–Crippen MR) is 74.8 cm³/mol. The van der Waals surface area contributed by atoms with Crippen LogP contribution in [0, 0.1) is 0 Å². The molecule has 0 bridgehead atoms. The number of nitrogens with one attached hydrogen (secondary N) is 1. The molecule has 19 heavy (non-hydrogen) atoms. The van der Waals surface area contributed by atoms with Crippen LogP contribution in [0.25, 0.3) is 0 Å². The Kier molecular flexibility index (Phi) is 5.08. The van der Waals surface area contributed by atoms with Gasteiger partial charge in [-0.25, -0.2) is 4.98 Å². The Labute approximate surface area is 116 Å². The molecule has 0 atom stereocenters. The highest BCUT2D eigenvalue weighted by Gasteiger charge is 2.01. The Bertz CT molecular complexity index is 560. The molecule has 1 aromatic carbocycles. The zero-order valence-electron chi connectivity index (χ0n) is 9.91. The Hall–Kier alpha value is -2.34. The number of anilines is 3. The highest BCUT2D eigenvalue weighted by molar-refractivity contribution is 5.85. The van der Waals surface area contributed by atoms with E-state index in [4.69, 9.17) is 10.8 Å². The van der Waals surface area contributed by atoms with Crippen LogP contribution >= 0.6 is 12.4 Å². The lowest BCUT2D eigenvalue weighted by molar-refractivity contribution is -0.136. The van der Waals surface area contributed by atoms with Crippen molar-refractivity contribution in [1.29, 1.82) is 0 Å². The lowest BCUT2D eigenvalue weighted by Gasteiger charge is -2.06. The summed E-state index contributed by atoms with van der Waals surface area (Å²) in [4.78, 5) is 18.3. The fourth-order valence-electron chi connectivity index (χ4n) is 1.47. The standard InChI is InChI=1S/C12H12N4O2.ClH/c13-12-14-6-5-10(16-12)15-9-3-1-8(2-4-9)7-11(17)18;/h1-6H,7H2,(H,17,18)(H3,13,14,15,16);1H. The summed E-state index contributed by atoms with van der Waals surface area (Å²) in [5, 5.41) is 11.7. The number of carboxylic acid groups (broad SMARTS) is 1. The van der Waals surface area contributed by atoms with Crippen molar-refractivity contribution >= 4 is 35.8 Å². The number of carbonyl (C=O) groups is 1. The molecule has 0 aliphatic carbocycles. The minimum Gasteiger partial charge on any atom is -0.481 e. The fraction of sp³-hybridized carbons (Fsp3) is 0.0833. The lowest BCUT2D eigenvalue weighted by atomic mass is 10.1. The fourth-order valence-corrected chi connectivity index (χ4v) is 1.47. The number of hydrogen-bond acceptors (Lipinski definition) is 5. The Morgan fingerprint density at radius 1 is 1.26 bits per heavy atom. The van der Waals surface area contributed by atoms with Crippen LogP contribution in [-0.4, -0.2) is 21.0 Å². The van der Waals surface area contributed by atoms with Crippen LogP contribution in [-0.2, 0) is 11.2 Å². The first-order chi connectivity index (χ1) is 8.63. The van der Waals surface area contributed by atoms with Crippen molar-refractivity contribution in [2.45, 2.75) is 6.42 Å². The van der Waals surface area contributed by atoms with Gasteiger partial charge < -0.3 is 16.2 Å². The van der Waals surface area contributed by atoms with Gasteiger partial charge in [0.2, 0.25) is 5.95 Å². The van der Waals surface area contributed by atoms with Gasteiger partial charge in [0.15, 0.2) is 0 Å². The van der Waals surface area contributed by atoms with Gasteiger partial charge in [-0.2, -0.15) is 4.98 Å². The Balaban J connectivity index is 0.00000180. The van der Waals surface area contributed by atoms with Gasteiger partial charge in [0.25, 0.3) is 0 Å². The first kappa shape index (κ1) is 14.7. The topological polar surface area (TPSA) is 101 Å². The minimum absolute atomic E-state index is 0. The van der Waals surface area contributed by atoms with Gasteiger partial charge in [0.1, 0.15) is 5.82 Å². The summed E-state index contributed by atoms with van der Waals surface area (Å²) < 4.78 is 0. The van der Waals surface area contributed by atoms with E-state index in [1.54, 1.807) is 36.5 Å². The average molecular weight is 281 g/mol. The molecule has 0 saturated carbocycles. The normalized spacial score (nSPS) is 9.47. The van der Waals surface area contributed by atoms with Crippen molar-refractivity contribution < 1.29 is 9.90 Å². The molecule has 0 saturated heterocycles. The second-order valence-corrected chi connectivity index (χ2v) is 3.69. The van der Waals surface area contributed by atoms with Crippen LogP contribution < -0.4 is 11.1 Å². The number of nitrogens with two attached hydrogens (primary N) is 1. The molecule has 2 aromatic rings. The molecular formula is C12H13ClN4O2. The molecule has 2 rings (SSSR count). The van der Waals surface area contributed by atoms with E-state index >= 15 is 0 Å². The average Bonchev–Trinajstić information content (AvgIpc) is 2.31. The molecule has 7 heteroatoms. The molecule has 0 amide bonds. The largest absolute Gasteiger partial charge is 0.481 e. The van der Waals surface area contributed by atoms with Crippen LogP contribution in [0.1, 0.15) is 5.56 Å². The monoisotopic (exact) mass is 280 g/mol. The van der Waals surface area contributed by atoms with Crippen LogP contribution in [0.15, 0.2) is 36.5 Å². The maximum Gasteiger partial charge on any atom is 0.307 e. The van der Waals surface area contributed by atoms with E-state index in [-0.39, 0.29) is 24.8 Å². The van der Waals surface area contributed by atoms with Crippen molar-refractivity contribution in [1.82, 2.24) is 9.97 Å². The second kappa shape index (κ2) is 6.55. The van der Waals surface area contributed by atoms with Crippen molar-refractivity contribution in [3.05, 3.63) is 42.1 Å². The third kappa shape index (κ3) is 4.44. The van der Waals surface area contributed by atoms with E-state index in [1.165, 1.54) is 0 Å². The Morgan fingerprint density at radius 2 is 1.95 bits per heavy atom. The molecule has 6 nitrogen and oxygen atoms in total. The zero-order valence-corrected chi connectivity index (χ0v) is 10.7. The number of aromatic nitrogens is 2. The van der Waals surface area contributed by atoms with E-state index in [1.807, 2.05) is 0 Å². The number of benzene rings is 1. The molecule has 0 radical (unpaired) electrons. The predicted octanol–water partition coefficient (Wildman–Crippen LogP) is 1.85. The number of carboxylic acids is 1. The summed E-state index contributed by atoms with van der Waals surface area (Å²) in [5.74, 6) is -0.0599. The molecule has 0 aliphatic heterocycles. The SMILES string of the molecule is Cl.Nc1nccc(Nc2ccc(CC(=O)O)cc2)n1. The molecule has 1 heterocycles. The number of hydrogen-bond donors (Lipinski definition) is 3. The first-order valence-corrected chi connectivity index (χ1v) is 5.30. The number of aliphatic carboxylic acids is 1. The number of rotatable bonds is 4. The Morgan fingerprint density at radius 3 is 2.53 bits per heavy atom. The summed E-state index contributed by atoms with van der Waals surface area (Å²) >= 11 is 0. The van der Waals surface area contributed by atoms with E-state index in [0.29, 0.717) is 5.82 Å². The molecule has 0 spiro atoms. The maximum atomic E-state index is 10.5. The van der Waals surface area contributed by atoms with Crippen LogP contribution in [0.2, 0.25) is 0 Å². The van der Waals surface area contributed by atoms with Gasteiger partial charge >= 0.3 is 5.97 Å². The number of halogens is 1. The van der Waals surface area contributed by atoms with Crippen molar-refractivity contribution in [2.75, 3.05) is 11.1 Å². The summed E-state index contributed by atoms with van der Waals surface area (Å²) in [6.07, 6.45) is 1.57. The molecule has 0 unspecified atom stereocenters. The minimum atomic E-state index is -0.848. The highest BCUT2D eigenvalue weighted by Crippen LogP contribution is 2.15. The maximum absolute atomic E-state index is 10.5. The van der Waals surface area contributed by atoms with Gasteiger partial charge in [0, 0.05) is 11.9 Å². The molecule has 0 fully saturated rings. The second-order valence-electron chi connectivity index (χ2n) is 3.69. The lowest BCUT2D eigenvalue weighted by Crippen LogP contribution is -2.01. The van der Waals surface area contributed by atoms with Crippen molar-refractivity contribution in [2.24, 2.45) is 0 Å². The molecular weight excluding hydrogens is 268 g/mol. The van der Waals surface area contributed by atoms with Gasteiger partial charge in [-0.1, -0.05) is 12.1 Å². The summed E-state index contributed by atoms with van der Waals surface area (Å²) in [6.45, 7) is 0. The van der Waals surface area contributed by atoms with Crippen molar-refractivity contribution in [3.63, 3.8) is 0 Å². The van der Waals surface area contributed by atoms with E-state index in [2.05, 4.69) is 15.3 Å². The van der Waals surface area contributed by atoms with Crippen LogP contribution in [0.5, 0.6) is 0 Å². The number of nitrogen functional groups attached to an aromatic ring is 1. The van der Waals surface area contributed by atoms with E-state index in [0.717, 1.165) is 11.3 Å². The summed E-state index contributed by atoms with van der Waals surface area (Å²) in [6, 6.07) is 8.77. The van der Waals surface area contributed by atoms with E-state index in [9.17, 15) is 4.79 Å². The third-order valence-corrected chi connectivity index (χ3v) is 2.26. The van der Waals surface area contributed by atoms with E-state index < -0.39 is 5.97 Å². The number of nitrogens with zero attached hydrogens (tertiary/aromatic N) is 2. The van der Waals surface area contributed by atoms with Gasteiger partial charge in [-0.3, -0.25) is 4.79 Å². The van der Waals surface area contributed by atoms with Crippen molar-refractivity contribution in [3.8, 4) is 0 Å². The highest BCUT2D eigenvalue weighted by atomic mass is 35.5.